The van der Waals surface area contributed by atoms with Crippen molar-refractivity contribution in [1.29, 1.82) is 0 Å². The number of benzene rings is 1. The minimum absolute atomic E-state index is 0.358. The average molecular weight is 235 g/mol. The van der Waals surface area contributed by atoms with Crippen LogP contribution >= 0.6 is 0 Å². The van der Waals surface area contributed by atoms with Crippen molar-refractivity contribution in [1.82, 2.24) is 5.32 Å². The van der Waals surface area contributed by atoms with Crippen LogP contribution in [-0.2, 0) is 11.2 Å². The monoisotopic (exact) mass is 235 g/mol. The van der Waals surface area contributed by atoms with Gasteiger partial charge in [0.25, 0.3) is 5.91 Å². The lowest BCUT2D eigenvalue weighted by Gasteiger charge is -2.09. The summed E-state index contributed by atoms with van der Waals surface area (Å²) in [6, 6.07) is 6.34. The summed E-state index contributed by atoms with van der Waals surface area (Å²) < 4.78 is 0. The second-order valence-electron chi connectivity index (χ2n) is 3.98. The number of aryl methyl sites for hydroxylation is 1. The Morgan fingerprint density at radius 1 is 1.29 bits per heavy atom. The highest BCUT2D eigenvalue weighted by atomic mass is 16.4. The van der Waals surface area contributed by atoms with Gasteiger partial charge in [0.05, 0.1) is 0 Å². The molecule has 1 rings (SSSR count). The number of amides is 1. The van der Waals surface area contributed by atoms with E-state index in [0.29, 0.717) is 5.56 Å². The van der Waals surface area contributed by atoms with E-state index in [1.54, 1.807) is 12.1 Å². The van der Waals surface area contributed by atoms with Gasteiger partial charge in [-0.1, -0.05) is 25.5 Å². The first-order chi connectivity index (χ1) is 8.04. The van der Waals surface area contributed by atoms with Gasteiger partial charge in [0.2, 0.25) is 0 Å². The molecular formula is C13H17NO3. The highest BCUT2D eigenvalue weighted by molar-refractivity contribution is 5.96. The summed E-state index contributed by atoms with van der Waals surface area (Å²) in [6.07, 6.45) is 2.04. The van der Waals surface area contributed by atoms with E-state index in [1.165, 1.54) is 12.5 Å². The molecule has 0 saturated carbocycles. The molecule has 92 valence electrons. The van der Waals surface area contributed by atoms with E-state index in [9.17, 15) is 9.59 Å². The van der Waals surface area contributed by atoms with E-state index in [0.717, 1.165) is 12.8 Å². The fourth-order valence-corrected chi connectivity index (χ4v) is 1.45. The molecule has 17 heavy (non-hydrogen) atoms. The van der Waals surface area contributed by atoms with E-state index in [1.807, 2.05) is 12.1 Å². The molecule has 0 saturated heterocycles. The van der Waals surface area contributed by atoms with Crippen LogP contribution in [0.2, 0.25) is 0 Å². The van der Waals surface area contributed by atoms with Gasteiger partial charge < -0.3 is 10.4 Å². The Bertz CT molecular complexity index is 398. The summed E-state index contributed by atoms with van der Waals surface area (Å²) in [4.78, 5) is 22.2. The first-order valence-electron chi connectivity index (χ1n) is 5.67. The topological polar surface area (TPSA) is 66.4 Å². The van der Waals surface area contributed by atoms with Crippen LogP contribution in [0.15, 0.2) is 24.3 Å². The van der Waals surface area contributed by atoms with Crippen molar-refractivity contribution < 1.29 is 14.7 Å². The SMILES string of the molecule is CCCc1ccc(C(=O)NC(C)C(=O)O)cc1. The molecule has 0 fully saturated rings. The molecule has 4 heteroatoms. The van der Waals surface area contributed by atoms with Crippen LogP contribution in [0, 0.1) is 0 Å². The standard InChI is InChI=1S/C13H17NO3/c1-3-4-10-5-7-11(8-6-10)12(15)14-9(2)13(16)17/h5-9H,3-4H2,1-2H3,(H,14,15)(H,16,17). The quantitative estimate of drug-likeness (QED) is 0.818. The zero-order chi connectivity index (χ0) is 12.8. The molecule has 1 aromatic carbocycles. The minimum atomic E-state index is -1.04. The Morgan fingerprint density at radius 2 is 1.88 bits per heavy atom. The molecule has 4 nitrogen and oxygen atoms in total. The Hall–Kier alpha value is -1.84. The maximum absolute atomic E-state index is 11.7. The largest absolute Gasteiger partial charge is 0.480 e. The second kappa shape index (κ2) is 6.03. The number of carbonyl (C=O) groups excluding carboxylic acids is 1. The smallest absolute Gasteiger partial charge is 0.325 e. The number of hydrogen-bond donors (Lipinski definition) is 2. The number of carboxylic acids is 1. The van der Waals surface area contributed by atoms with Gasteiger partial charge in [-0.15, -0.1) is 0 Å². The molecule has 0 spiro atoms. The van der Waals surface area contributed by atoms with Crippen molar-refractivity contribution in [3.63, 3.8) is 0 Å². The van der Waals surface area contributed by atoms with E-state index < -0.39 is 12.0 Å². The van der Waals surface area contributed by atoms with Crippen LogP contribution in [0.4, 0.5) is 0 Å². The lowest BCUT2D eigenvalue weighted by molar-refractivity contribution is -0.138. The maximum atomic E-state index is 11.7. The minimum Gasteiger partial charge on any atom is -0.480 e. The van der Waals surface area contributed by atoms with E-state index in [2.05, 4.69) is 12.2 Å². The van der Waals surface area contributed by atoms with Gasteiger partial charge in [-0.2, -0.15) is 0 Å². The molecule has 0 bridgehead atoms. The Labute approximate surface area is 101 Å². The maximum Gasteiger partial charge on any atom is 0.325 e. The van der Waals surface area contributed by atoms with Crippen molar-refractivity contribution in [3.05, 3.63) is 35.4 Å². The van der Waals surface area contributed by atoms with E-state index in [-0.39, 0.29) is 5.91 Å². The molecule has 0 aromatic heterocycles. The molecule has 1 unspecified atom stereocenters. The number of carboxylic acid groups (broad SMARTS) is 1. The highest BCUT2D eigenvalue weighted by Crippen LogP contribution is 2.06. The third-order valence-electron chi connectivity index (χ3n) is 2.47. The van der Waals surface area contributed by atoms with Crippen molar-refractivity contribution in [2.75, 3.05) is 0 Å². The van der Waals surface area contributed by atoms with E-state index in [4.69, 9.17) is 5.11 Å². The molecule has 1 aromatic rings. The molecule has 0 heterocycles. The van der Waals surface area contributed by atoms with Crippen LogP contribution in [-0.4, -0.2) is 23.0 Å². The summed E-state index contributed by atoms with van der Waals surface area (Å²) in [5, 5.41) is 11.1. The van der Waals surface area contributed by atoms with Gasteiger partial charge >= 0.3 is 5.97 Å². The van der Waals surface area contributed by atoms with Crippen LogP contribution in [0.1, 0.15) is 36.2 Å². The molecule has 0 aliphatic heterocycles. The number of nitrogens with one attached hydrogen (secondary N) is 1. The number of aliphatic carboxylic acids is 1. The molecular weight excluding hydrogens is 218 g/mol. The van der Waals surface area contributed by atoms with Crippen LogP contribution < -0.4 is 5.32 Å². The van der Waals surface area contributed by atoms with E-state index >= 15 is 0 Å². The number of hydrogen-bond acceptors (Lipinski definition) is 2. The lowest BCUT2D eigenvalue weighted by Crippen LogP contribution is -2.38. The van der Waals surface area contributed by atoms with Crippen molar-refractivity contribution in [3.8, 4) is 0 Å². The lowest BCUT2D eigenvalue weighted by atomic mass is 10.1. The normalized spacial score (nSPS) is 11.9. The van der Waals surface area contributed by atoms with Crippen molar-refractivity contribution in [2.24, 2.45) is 0 Å². The predicted molar refractivity (Wildman–Crippen MR) is 65.0 cm³/mol. The highest BCUT2D eigenvalue weighted by Gasteiger charge is 2.14. The predicted octanol–water partition coefficient (Wildman–Crippen LogP) is 1.84. The van der Waals surface area contributed by atoms with Gasteiger partial charge in [-0.25, -0.2) is 0 Å². The van der Waals surface area contributed by atoms with Gasteiger partial charge in [0, 0.05) is 5.56 Å². The summed E-state index contributed by atoms with van der Waals surface area (Å²) in [7, 11) is 0. The fourth-order valence-electron chi connectivity index (χ4n) is 1.45. The zero-order valence-corrected chi connectivity index (χ0v) is 10.1. The van der Waals surface area contributed by atoms with Crippen molar-refractivity contribution in [2.45, 2.75) is 32.7 Å². The summed E-state index contributed by atoms with van der Waals surface area (Å²) >= 11 is 0. The zero-order valence-electron chi connectivity index (χ0n) is 10.1. The third-order valence-corrected chi connectivity index (χ3v) is 2.47. The molecule has 0 aliphatic carbocycles. The molecule has 1 amide bonds. The van der Waals surface area contributed by atoms with Gasteiger partial charge in [-0.05, 0) is 31.0 Å². The number of rotatable bonds is 5. The van der Waals surface area contributed by atoms with Crippen LogP contribution in [0.3, 0.4) is 0 Å². The first kappa shape index (κ1) is 13.2. The second-order valence-corrected chi connectivity index (χ2v) is 3.98. The fraction of sp³-hybridized carbons (Fsp3) is 0.385. The molecule has 2 N–H and O–H groups in total. The third kappa shape index (κ3) is 3.90. The number of carbonyl (C=O) groups is 2. The average Bonchev–Trinajstić information content (AvgIpc) is 2.30. The molecule has 1 atom stereocenters. The molecule has 0 radical (unpaired) electrons. The Morgan fingerprint density at radius 3 is 2.35 bits per heavy atom. The van der Waals surface area contributed by atoms with Crippen LogP contribution in [0.25, 0.3) is 0 Å². The summed E-state index contributed by atoms with van der Waals surface area (Å²) in [6.45, 7) is 3.53. The van der Waals surface area contributed by atoms with Gasteiger partial charge in [-0.3, -0.25) is 9.59 Å². The summed E-state index contributed by atoms with van der Waals surface area (Å²) in [5.41, 5.74) is 1.66. The van der Waals surface area contributed by atoms with Gasteiger partial charge in [0.1, 0.15) is 6.04 Å². The van der Waals surface area contributed by atoms with Crippen molar-refractivity contribution >= 4 is 11.9 Å². The Kier molecular flexibility index (Phi) is 4.69. The summed E-state index contributed by atoms with van der Waals surface area (Å²) in [5.74, 6) is -1.40. The van der Waals surface area contributed by atoms with Gasteiger partial charge in [0.15, 0.2) is 0 Å². The molecule has 0 aliphatic rings. The first-order valence-corrected chi connectivity index (χ1v) is 5.67. The van der Waals surface area contributed by atoms with Crippen LogP contribution in [0.5, 0.6) is 0 Å². The Balaban J connectivity index is 2.66.